The molecule has 3 atom stereocenters. The second-order valence-electron chi connectivity index (χ2n) is 6.64. The fourth-order valence-corrected chi connectivity index (χ4v) is 3.72. The van der Waals surface area contributed by atoms with Crippen LogP contribution in [0.25, 0.3) is 0 Å². The van der Waals surface area contributed by atoms with Gasteiger partial charge in [-0.2, -0.15) is 0 Å². The number of carbonyl (C=O) groups is 2. The van der Waals surface area contributed by atoms with E-state index in [9.17, 15) is 14.7 Å². The highest BCUT2D eigenvalue weighted by Gasteiger charge is 2.58. The number of aliphatic carboxylic acids is 1. The average molecular weight is 284 g/mol. The maximum Gasteiger partial charge on any atom is 0.348 e. The molecule has 1 saturated carbocycles. The lowest BCUT2D eigenvalue weighted by atomic mass is 9.74. The normalized spacial score (nSPS) is 29.9. The van der Waals surface area contributed by atoms with E-state index in [1.807, 2.05) is 20.8 Å². The third-order valence-corrected chi connectivity index (χ3v) is 4.54. The minimum absolute atomic E-state index is 0.110. The van der Waals surface area contributed by atoms with Gasteiger partial charge >= 0.3 is 11.9 Å². The van der Waals surface area contributed by atoms with Crippen molar-refractivity contribution < 1.29 is 19.4 Å². The van der Waals surface area contributed by atoms with Gasteiger partial charge in [0.2, 0.25) is 5.60 Å². The largest absolute Gasteiger partial charge is 0.478 e. The number of carbonyl (C=O) groups excluding carboxylic acids is 1. The molecule has 0 radical (unpaired) electrons. The number of hydrogen-bond donors (Lipinski definition) is 1. The van der Waals surface area contributed by atoms with Crippen molar-refractivity contribution in [3.05, 3.63) is 0 Å². The first-order valence-electron chi connectivity index (χ1n) is 7.71. The van der Waals surface area contributed by atoms with Crippen LogP contribution in [0, 0.1) is 23.7 Å². The number of carboxylic acid groups (broad SMARTS) is 1. The highest BCUT2D eigenvalue weighted by Crippen LogP contribution is 2.50. The van der Waals surface area contributed by atoms with Crippen molar-refractivity contribution in [1.82, 2.24) is 0 Å². The molecular weight excluding hydrogens is 256 g/mol. The van der Waals surface area contributed by atoms with Crippen LogP contribution in [-0.2, 0) is 14.3 Å². The van der Waals surface area contributed by atoms with E-state index in [2.05, 4.69) is 13.8 Å². The molecule has 0 saturated heterocycles. The summed E-state index contributed by atoms with van der Waals surface area (Å²) in [7, 11) is 0. The Morgan fingerprint density at radius 1 is 1.25 bits per heavy atom. The molecule has 4 heteroatoms. The molecule has 1 N–H and O–H groups in total. The summed E-state index contributed by atoms with van der Waals surface area (Å²) in [6.45, 7) is 10.2. The van der Waals surface area contributed by atoms with Crippen molar-refractivity contribution in [3.63, 3.8) is 0 Å². The van der Waals surface area contributed by atoms with Crippen LogP contribution in [0.5, 0.6) is 0 Å². The highest BCUT2D eigenvalue weighted by atomic mass is 16.6. The smallest absolute Gasteiger partial charge is 0.348 e. The molecule has 1 rings (SSSR count). The van der Waals surface area contributed by atoms with Crippen molar-refractivity contribution >= 4 is 11.9 Å². The van der Waals surface area contributed by atoms with Crippen LogP contribution in [0.2, 0.25) is 0 Å². The lowest BCUT2D eigenvalue weighted by molar-refractivity contribution is -0.187. The summed E-state index contributed by atoms with van der Waals surface area (Å²) in [4.78, 5) is 23.7. The molecule has 0 amide bonds. The maximum atomic E-state index is 11.9. The molecule has 1 aliphatic rings. The fraction of sp³-hybridized carbons (Fsp3) is 0.875. The van der Waals surface area contributed by atoms with E-state index >= 15 is 0 Å². The van der Waals surface area contributed by atoms with E-state index in [0.29, 0.717) is 24.7 Å². The van der Waals surface area contributed by atoms with Gasteiger partial charge in [0.25, 0.3) is 0 Å². The average Bonchev–Trinajstić information content (AvgIpc) is 2.70. The molecule has 1 aliphatic carbocycles. The van der Waals surface area contributed by atoms with Gasteiger partial charge in [-0.15, -0.1) is 0 Å². The number of carboxylic acids is 1. The molecule has 1 fully saturated rings. The van der Waals surface area contributed by atoms with Gasteiger partial charge in [-0.25, -0.2) is 4.79 Å². The zero-order valence-corrected chi connectivity index (χ0v) is 13.3. The zero-order valence-electron chi connectivity index (χ0n) is 13.3. The van der Waals surface area contributed by atoms with E-state index in [4.69, 9.17) is 4.74 Å². The predicted molar refractivity (Wildman–Crippen MR) is 77.3 cm³/mol. The van der Waals surface area contributed by atoms with Crippen molar-refractivity contribution in [3.8, 4) is 0 Å². The van der Waals surface area contributed by atoms with Crippen LogP contribution < -0.4 is 0 Å². The van der Waals surface area contributed by atoms with Crippen LogP contribution >= 0.6 is 0 Å². The van der Waals surface area contributed by atoms with Crippen molar-refractivity contribution in [2.24, 2.45) is 23.7 Å². The van der Waals surface area contributed by atoms with Gasteiger partial charge < -0.3 is 9.84 Å². The first-order valence-corrected chi connectivity index (χ1v) is 7.71. The van der Waals surface area contributed by atoms with Crippen molar-refractivity contribution in [1.29, 1.82) is 0 Å². The predicted octanol–water partition coefficient (Wildman–Crippen LogP) is 3.49. The van der Waals surface area contributed by atoms with E-state index in [0.717, 1.165) is 6.42 Å². The highest BCUT2D eigenvalue weighted by molar-refractivity contribution is 5.83. The molecule has 20 heavy (non-hydrogen) atoms. The maximum absolute atomic E-state index is 11.9. The van der Waals surface area contributed by atoms with E-state index in [1.165, 1.54) is 0 Å². The Morgan fingerprint density at radius 3 is 2.25 bits per heavy atom. The molecule has 4 nitrogen and oxygen atoms in total. The Labute approximate surface area is 121 Å². The zero-order chi connectivity index (χ0) is 15.5. The molecule has 2 unspecified atom stereocenters. The van der Waals surface area contributed by atoms with Gasteiger partial charge in [-0.05, 0) is 37.0 Å². The summed E-state index contributed by atoms with van der Waals surface area (Å²) in [5, 5.41) is 9.72. The second-order valence-corrected chi connectivity index (χ2v) is 6.64. The molecule has 0 heterocycles. The van der Waals surface area contributed by atoms with Gasteiger partial charge in [-0.1, -0.05) is 34.6 Å². The first kappa shape index (κ1) is 17.0. The Morgan fingerprint density at radius 2 is 1.85 bits per heavy atom. The quantitative estimate of drug-likeness (QED) is 0.758. The van der Waals surface area contributed by atoms with Crippen LogP contribution in [-0.4, -0.2) is 22.6 Å². The summed E-state index contributed by atoms with van der Waals surface area (Å²) >= 11 is 0. The molecule has 0 aromatic heterocycles. The SMILES string of the molecule is CCCC(=O)O[C@]1(C(=O)O)CCC(C(C)C)C1C(C)C. The molecule has 0 spiro atoms. The van der Waals surface area contributed by atoms with Crippen LogP contribution in [0.4, 0.5) is 0 Å². The van der Waals surface area contributed by atoms with Gasteiger partial charge in [0.1, 0.15) is 0 Å². The first-order chi connectivity index (χ1) is 9.26. The minimum Gasteiger partial charge on any atom is -0.478 e. The summed E-state index contributed by atoms with van der Waals surface area (Å²) in [6, 6.07) is 0. The van der Waals surface area contributed by atoms with Crippen LogP contribution in [0.1, 0.15) is 60.3 Å². The Hall–Kier alpha value is -1.06. The number of rotatable bonds is 6. The monoisotopic (exact) mass is 284 g/mol. The summed E-state index contributed by atoms with van der Waals surface area (Å²) in [5.74, 6) is -0.612. The summed E-state index contributed by atoms with van der Waals surface area (Å²) in [5.41, 5.74) is -1.32. The molecule has 0 bridgehead atoms. The van der Waals surface area contributed by atoms with Gasteiger partial charge in [0, 0.05) is 12.3 Å². The fourth-order valence-electron chi connectivity index (χ4n) is 3.72. The Balaban J connectivity index is 3.10. The minimum atomic E-state index is -1.32. The molecule has 116 valence electrons. The van der Waals surface area contributed by atoms with E-state index in [1.54, 1.807) is 0 Å². The number of ether oxygens (including phenoxy) is 1. The van der Waals surface area contributed by atoms with Gasteiger partial charge in [0.05, 0.1) is 0 Å². The van der Waals surface area contributed by atoms with Crippen LogP contribution in [0.15, 0.2) is 0 Å². The summed E-state index contributed by atoms with van der Waals surface area (Å²) in [6.07, 6.45) is 2.20. The second kappa shape index (κ2) is 6.59. The third kappa shape index (κ3) is 3.15. The number of esters is 1. The van der Waals surface area contributed by atoms with Crippen LogP contribution in [0.3, 0.4) is 0 Å². The molecule has 0 aromatic rings. The van der Waals surface area contributed by atoms with Gasteiger partial charge in [-0.3, -0.25) is 4.79 Å². The van der Waals surface area contributed by atoms with Crippen molar-refractivity contribution in [2.45, 2.75) is 65.9 Å². The molecule has 0 aliphatic heterocycles. The lowest BCUT2D eigenvalue weighted by Gasteiger charge is -2.37. The van der Waals surface area contributed by atoms with E-state index < -0.39 is 11.6 Å². The standard InChI is InChI=1S/C16H28O4/c1-6-7-13(17)20-16(15(18)19)9-8-12(10(2)3)14(16)11(4)5/h10-12,14H,6-9H2,1-5H3,(H,18,19)/t12?,14?,16-/m1/s1. The van der Waals surface area contributed by atoms with E-state index in [-0.39, 0.29) is 24.2 Å². The van der Waals surface area contributed by atoms with Crippen molar-refractivity contribution in [2.75, 3.05) is 0 Å². The third-order valence-electron chi connectivity index (χ3n) is 4.54. The molecular formula is C16H28O4. The van der Waals surface area contributed by atoms with Gasteiger partial charge in [0.15, 0.2) is 0 Å². The summed E-state index contributed by atoms with van der Waals surface area (Å²) < 4.78 is 5.52. The number of hydrogen-bond acceptors (Lipinski definition) is 3. The Bertz CT molecular complexity index is 361. The topological polar surface area (TPSA) is 63.6 Å². The lowest BCUT2D eigenvalue weighted by Crippen LogP contribution is -2.50. The molecule has 0 aromatic carbocycles. The Kier molecular flexibility index (Phi) is 5.60.